The van der Waals surface area contributed by atoms with Crippen molar-refractivity contribution in [3.63, 3.8) is 0 Å². The molecule has 1 fully saturated rings. The number of aliphatic carboxylic acids is 1. The molecular formula is C13H28BN5O7S. The number of carboxylic acids is 1. The van der Waals surface area contributed by atoms with Gasteiger partial charge in [-0.2, -0.15) is 12.7 Å². The lowest BCUT2D eigenvalue weighted by atomic mass is 9.78. The van der Waals surface area contributed by atoms with Crippen LogP contribution >= 0.6 is 0 Å². The first kappa shape index (κ1) is 23.8. The summed E-state index contributed by atoms with van der Waals surface area (Å²) >= 11 is 0. The molecule has 1 heterocycles. The highest BCUT2D eigenvalue weighted by atomic mass is 32.2. The Kier molecular flexibility index (Phi) is 8.60. The fourth-order valence-corrected chi connectivity index (χ4v) is 4.22. The minimum absolute atomic E-state index is 0.0139. The van der Waals surface area contributed by atoms with Crippen molar-refractivity contribution in [2.45, 2.75) is 37.7 Å². The molecule has 27 heavy (non-hydrogen) atoms. The van der Waals surface area contributed by atoms with Gasteiger partial charge < -0.3 is 31.9 Å². The smallest absolute Gasteiger partial charge is 0.451 e. The fourth-order valence-electron chi connectivity index (χ4n) is 2.90. The van der Waals surface area contributed by atoms with E-state index in [1.54, 1.807) is 0 Å². The summed E-state index contributed by atoms with van der Waals surface area (Å²) in [5.41, 5.74) is 9.89. The number of rotatable bonds is 11. The molecule has 0 aromatic heterocycles. The molecule has 1 amide bonds. The van der Waals surface area contributed by atoms with Gasteiger partial charge in [0, 0.05) is 32.1 Å². The predicted molar refractivity (Wildman–Crippen MR) is 97.4 cm³/mol. The van der Waals surface area contributed by atoms with Gasteiger partial charge in [0.1, 0.15) is 11.6 Å². The van der Waals surface area contributed by atoms with Crippen molar-refractivity contribution in [2.75, 3.05) is 26.2 Å². The van der Waals surface area contributed by atoms with Crippen LogP contribution in [-0.4, -0.2) is 84.6 Å². The number of nitrogens with zero attached hydrogens (tertiary/aromatic N) is 1. The summed E-state index contributed by atoms with van der Waals surface area (Å²) in [5, 5.41) is 29.2. The second kappa shape index (κ2) is 9.77. The molecular weight excluding hydrogens is 381 g/mol. The molecule has 1 saturated heterocycles. The Morgan fingerprint density at radius 1 is 1.41 bits per heavy atom. The summed E-state index contributed by atoms with van der Waals surface area (Å²) in [6.45, 7) is 0.979. The van der Waals surface area contributed by atoms with Gasteiger partial charge in [-0.3, -0.25) is 9.59 Å². The predicted octanol–water partition coefficient (Wildman–Crippen LogP) is -3.75. The van der Waals surface area contributed by atoms with Gasteiger partial charge in [-0.15, -0.1) is 0 Å². The number of nitrogens with two attached hydrogens (primary N) is 2. The highest BCUT2D eigenvalue weighted by Crippen LogP contribution is 2.32. The van der Waals surface area contributed by atoms with Crippen LogP contribution in [0.15, 0.2) is 0 Å². The fraction of sp³-hybridized carbons (Fsp3) is 0.846. The van der Waals surface area contributed by atoms with Crippen LogP contribution in [0.2, 0.25) is 6.32 Å². The minimum atomic E-state index is -3.92. The molecule has 0 unspecified atom stereocenters. The van der Waals surface area contributed by atoms with Gasteiger partial charge in [-0.05, 0) is 19.7 Å². The lowest BCUT2D eigenvalue weighted by Gasteiger charge is -2.30. The molecule has 0 bridgehead atoms. The van der Waals surface area contributed by atoms with Crippen LogP contribution in [0.25, 0.3) is 0 Å². The number of hydrogen-bond acceptors (Lipinski definition) is 8. The topological polar surface area (TPSA) is 208 Å². The lowest BCUT2D eigenvalue weighted by Crippen LogP contribution is -2.62. The van der Waals surface area contributed by atoms with Gasteiger partial charge >= 0.3 is 13.1 Å². The monoisotopic (exact) mass is 409 g/mol. The average molecular weight is 409 g/mol. The maximum Gasteiger partial charge on any atom is 0.451 e. The summed E-state index contributed by atoms with van der Waals surface area (Å²) in [6.07, 6.45) is 0.594. The average Bonchev–Trinajstić information content (AvgIpc) is 2.91. The van der Waals surface area contributed by atoms with Gasteiger partial charge in [0.15, 0.2) is 0 Å². The van der Waals surface area contributed by atoms with Gasteiger partial charge in [-0.25, -0.2) is 4.72 Å². The van der Waals surface area contributed by atoms with E-state index < -0.39 is 46.7 Å². The van der Waals surface area contributed by atoms with Crippen molar-refractivity contribution in [1.82, 2.24) is 14.3 Å². The number of nitrogens with one attached hydrogen (secondary N) is 2. The zero-order valence-electron chi connectivity index (χ0n) is 15.2. The van der Waals surface area contributed by atoms with Crippen molar-refractivity contribution in [3.05, 3.63) is 0 Å². The number of carboxylic acid groups (broad SMARTS) is 1. The van der Waals surface area contributed by atoms with Crippen molar-refractivity contribution in [3.8, 4) is 0 Å². The SMILES string of the molecule is C[C@H](NC(=O)[C@]1(N)CN(S(=O)(=O)NCCN)C[C@@H]1CCCB(O)O)C(=O)O. The summed E-state index contributed by atoms with van der Waals surface area (Å²) in [7, 11) is -5.44. The molecule has 0 saturated carbocycles. The Labute approximate surface area is 158 Å². The second-order valence-corrected chi connectivity index (χ2v) is 8.42. The van der Waals surface area contributed by atoms with Crippen molar-refractivity contribution in [2.24, 2.45) is 17.4 Å². The number of hydrogen-bond donors (Lipinski definition) is 7. The lowest BCUT2D eigenvalue weighted by molar-refractivity contribution is -0.142. The van der Waals surface area contributed by atoms with Crippen molar-refractivity contribution >= 4 is 29.2 Å². The third-order valence-corrected chi connectivity index (χ3v) is 6.04. The van der Waals surface area contributed by atoms with Crippen LogP contribution < -0.4 is 21.5 Å². The highest BCUT2D eigenvalue weighted by Gasteiger charge is 2.52. The molecule has 0 aromatic carbocycles. The van der Waals surface area contributed by atoms with Crippen LogP contribution in [0.1, 0.15) is 19.8 Å². The molecule has 14 heteroatoms. The molecule has 1 rings (SSSR count). The Bertz CT molecular complexity index is 635. The van der Waals surface area contributed by atoms with Crippen molar-refractivity contribution < 1.29 is 33.2 Å². The van der Waals surface area contributed by atoms with Crippen LogP contribution in [-0.2, 0) is 19.8 Å². The van der Waals surface area contributed by atoms with E-state index in [9.17, 15) is 18.0 Å². The number of amides is 1. The molecule has 9 N–H and O–H groups in total. The summed E-state index contributed by atoms with van der Waals surface area (Å²) in [6, 6.07) is -1.20. The zero-order valence-corrected chi connectivity index (χ0v) is 16.0. The van der Waals surface area contributed by atoms with E-state index in [0.717, 1.165) is 4.31 Å². The summed E-state index contributed by atoms with van der Waals surface area (Å²) in [4.78, 5) is 23.6. The minimum Gasteiger partial charge on any atom is -0.480 e. The molecule has 1 aliphatic rings. The Hall–Kier alpha value is -1.29. The number of carbonyl (C=O) groups excluding carboxylic acids is 1. The molecule has 0 aliphatic carbocycles. The number of carbonyl (C=O) groups is 2. The van der Waals surface area contributed by atoms with Gasteiger partial charge in [0.25, 0.3) is 10.2 Å². The Morgan fingerprint density at radius 3 is 2.56 bits per heavy atom. The maximum absolute atomic E-state index is 12.6. The van der Waals surface area contributed by atoms with Crippen LogP contribution in [0.3, 0.4) is 0 Å². The summed E-state index contributed by atoms with van der Waals surface area (Å²) in [5.74, 6) is -2.66. The van der Waals surface area contributed by atoms with E-state index in [1.807, 2.05) is 0 Å². The molecule has 12 nitrogen and oxygen atoms in total. The summed E-state index contributed by atoms with van der Waals surface area (Å²) < 4.78 is 28.0. The maximum atomic E-state index is 12.6. The first-order valence-electron chi connectivity index (χ1n) is 8.57. The van der Waals surface area contributed by atoms with Crippen LogP contribution in [0.4, 0.5) is 0 Å². The first-order valence-corrected chi connectivity index (χ1v) is 10.0. The first-order chi connectivity index (χ1) is 12.4. The van der Waals surface area contributed by atoms with Crippen molar-refractivity contribution in [1.29, 1.82) is 0 Å². The van der Waals surface area contributed by atoms with Crippen LogP contribution in [0, 0.1) is 5.92 Å². The van der Waals surface area contributed by atoms with E-state index in [1.165, 1.54) is 6.92 Å². The third-order valence-electron chi connectivity index (χ3n) is 4.51. The van der Waals surface area contributed by atoms with E-state index in [4.69, 9.17) is 26.6 Å². The molecule has 156 valence electrons. The molecule has 3 atom stereocenters. The van der Waals surface area contributed by atoms with E-state index in [-0.39, 0.29) is 38.9 Å². The highest BCUT2D eigenvalue weighted by molar-refractivity contribution is 7.87. The Morgan fingerprint density at radius 2 is 2.04 bits per heavy atom. The molecule has 1 aliphatic heterocycles. The third kappa shape index (κ3) is 6.38. The largest absolute Gasteiger partial charge is 0.480 e. The second-order valence-electron chi connectivity index (χ2n) is 6.66. The standard InChI is InChI=1S/C13H28BN5O7S/c1-9(11(20)21)18-12(22)13(16)8-19(27(25,26)17-6-5-15)7-10(13)3-2-4-14(23)24/h9-10,17,23-24H,2-8,15-16H2,1H3,(H,18,22)(H,20,21)/t9-,10-,13-/m0/s1. The quantitative estimate of drug-likeness (QED) is 0.167. The van der Waals surface area contributed by atoms with Crippen LogP contribution in [0.5, 0.6) is 0 Å². The van der Waals surface area contributed by atoms with Gasteiger partial charge in [0.2, 0.25) is 5.91 Å². The zero-order chi connectivity index (χ0) is 20.8. The molecule has 0 spiro atoms. The Balaban J connectivity index is 2.99. The van der Waals surface area contributed by atoms with E-state index in [0.29, 0.717) is 6.42 Å². The molecule has 0 radical (unpaired) electrons. The van der Waals surface area contributed by atoms with Gasteiger partial charge in [-0.1, -0.05) is 6.42 Å². The van der Waals surface area contributed by atoms with E-state index >= 15 is 0 Å². The molecule has 0 aromatic rings. The van der Waals surface area contributed by atoms with Gasteiger partial charge in [0.05, 0.1) is 0 Å². The normalized spacial score (nSPS) is 24.6. The van der Waals surface area contributed by atoms with E-state index in [2.05, 4.69) is 10.0 Å².